The van der Waals surface area contributed by atoms with Crippen LogP contribution in [0.5, 0.6) is 5.75 Å². The molecule has 1 aliphatic rings. The highest BCUT2D eigenvalue weighted by atomic mass is 16.5. The van der Waals surface area contributed by atoms with Gasteiger partial charge in [0.25, 0.3) is 0 Å². The maximum atomic E-state index is 12.5. The highest BCUT2D eigenvalue weighted by Crippen LogP contribution is 2.24. The van der Waals surface area contributed by atoms with Crippen LogP contribution < -0.4 is 10.1 Å². The first-order valence-corrected chi connectivity index (χ1v) is 11.7. The number of carbonyl (C=O) groups is 2. The Balaban J connectivity index is 1.30. The van der Waals surface area contributed by atoms with Crippen molar-refractivity contribution in [2.75, 3.05) is 19.7 Å². The Kier molecular flexibility index (Phi) is 8.32. The molecule has 0 radical (unpaired) electrons. The van der Waals surface area contributed by atoms with Crippen molar-refractivity contribution in [2.24, 2.45) is 0 Å². The second-order valence-electron chi connectivity index (χ2n) is 9.61. The lowest BCUT2D eigenvalue weighted by molar-refractivity contribution is -0.131. The van der Waals surface area contributed by atoms with Gasteiger partial charge in [-0.05, 0) is 47.9 Å². The average molecular weight is 437 g/mol. The van der Waals surface area contributed by atoms with E-state index in [9.17, 15) is 9.59 Å². The number of rotatable bonds is 8. The number of likely N-dealkylation sites (tertiary alicyclic amines) is 1. The van der Waals surface area contributed by atoms with Crippen LogP contribution in [0.25, 0.3) is 0 Å². The third-order valence-corrected chi connectivity index (χ3v) is 5.95. The van der Waals surface area contributed by atoms with Crippen molar-refractivity contribution >= 4 is 11.8 Å². The van der Waals surface area contributed by atoms with Gasteiger partial charge in [0.1, 0.15) is 5.75 Å². The molecule has 2 aromatic rings. The second-order valence-corrected chi connectivity index (χ2v) is 9.61. The molecule has 1 aliphatic heterocycles. The molecular weight excluding hydrogens is 400 g/mol. The minimum absolute atomic E-state index is 0.0609. The molecule has 0 bridgehead atoms. The minimum atomic E-state index is 0.0609. The summed E-state index contributed by atoms with van der Waals surface area (Å²) >= 11 is 0. The Morgan fingerprint density at radius 3 is 2.28 bits per heavy atom. The Morgan fingerprint density at radius 2 is 1.66 bits per heavy atom. The Bertz CT molecular complexity index is 864. The molecule has 1 fully saturated rings. The fourth-order valence-corrected chi connectivity index (χ4v) is 3.93. The predicted octanol–water partition coefficient (Wildman–Crippen LogP) is 4.49. The highest BCUT2D eigenvalue weighted by molar-refractivity contribution is 5.79. The van der Waals surface area contributed by atoms with Crippen LogP contribution in [0.4, 0.5) is 0 Å². The summed E-state index contributed by atoms with van der Waals surface area (Å²) < 4.78 is 5.78. The number of benzene rings is 2. The van der Waals surface area contributed by atoms with Gasteiger partial charge in [-0.1, -0.05) is 63.2 Å². The fourth-order valence-electron chi connectivity index (χ4n) is 3.93. The van der Waals surface area contributed by atoms with E-state index >= 15 is 0 Å². The van der Waals surface area contributed by atoms with Crippen LogP contribution in [0.3, 0.4) is 0 Å². The number of hydrogen-bond donors (Lipinski definition) is 1. The van der Waals surface area contributed by atoms with Gasteiger partial charge in [-0.25, -0.2) is 0 Å². The summed E-state index contributed by atoms with van der Waals surface area (Å²) in [6, 6.07) is 18.2. The molecule has 172 valence electrons. The van der Waals surface area contributed by atoms with Crippen LogP contribution in [0.2, 0.25) is 0 Å². The summed E-state index contributed by atoms with van der Waals surface area (Å²) in [4.78, 5) is 26.7. The van der Waals surface area contributed by atoms with Crippen molar-refractivity contribution in [3.8, 4) is 5.75 Å². The van der Waals surface area contributed by atoms with Gasteiger partial charge in [0.15, 0.2) is 0 Å². The van der Waals surface area contributed by atoms with Crippen LogP contribution >= 0.6 is 0 Å². The molecule has 32 heavy (non-hydrogen) atoms. The van der Waals surface area contributed by atoms with Crippen molar-refractivity contribution < 1.29 is 14.3 Å². The zero-order valence-corrected chi connectivity index (χ0v) is 19.6. The lowest BCUT2D eigenvalue weighted by Gasteiger charge is -2.32. The first kappa shape index (κ1) is 23.8. The molecule has 1 N–H and O–H groups in total. The normalized spacial score (nSPS) is 14.8. The summed E-state index contributed by atoms with van der Waals surface area (Å²) in [5, 5.41) is 3.12. The van der Waals surface area contributed by atoms with Gasteiger partial charge in [0, 0.05) is 25.6 Å². The molecule has 0 spiro atoms. The van der Waals surface area contributed by atoms with Gasteiger partial charge in [-0.3, -0.25) is 9.59 Å². The molecule has 0 unspecified atom stereocenters. The van der Waals surface area contributed by atoms with Crippen molar-refractivity contribution in [1.29, 1.82) is 0 Å². The van der Waals surface area contributed by atoms with Gasteiger partial charge in [-0.15, -0.1) is 0 Å². The molecule has 1 saturated heterocycles. The molecule has 5 nitrogen and oxygen atoms in total. The number of ether oxygens (including phenoxy) is 1. The first-order chi connectivity index (χ1) is 15.3. The van der Waals surface area contributed by atoms with Crippen LogP contribution in [0.1, 0.15) is 57.6 Å². The van der Waals surface area contributed by atoms with Crippen molar-refractivity contribution in [1.82, 2.24) is 10.2 Å². The standard InChI is InChI=1S/C27H36N2O3/c1-27(2,3)22-11-13-24(14-12-22)32-19-7-10-25(30)28-23-15-17-29(18-16-23)26(31)20-21-8-5-4-6-9-21/h4-6,8-9,11-14,23H,7,10,15-20H2,1-3H3,(H,28,30). The van der Waals surface area contributed by atoms with Gasteiger partial charge in [-0.2, -0.15) is 0 Å². The van der Waals surface area contributed by atoms with Gasteiger partial charge in [0.2, 0.25) is 11.8 Å². The summed E-state index contributed by atoms with van der Waals surface area (Å²) in [7, 11) is 0. The third kappa shape index (κ3) is 7.40. The summed E-state index contributed by atoms with van der Waals surface area (Å²) in [6.45, 7) is 8.49. The van der Waals surface area contributed by atoms with Crippen molar-refractivity contribution in [3.05, 3.63) is 65.7 Å². The number of nitrogens with one attached hydrogen (secondary N) is 1. The van der Waals surface area contributed by atoms with E-state index in [1.54, 1.807) is 0 Å². The van der Waals surface area contributed by atoms with Gasteiger partial charge < -0.3 is 15.0 Å². The smallest absolute Gasteiger partial charge is 0.226 e. The van der Waals surface area contributed by atoms with Crippen LogP contribution in [-0.2, 0) is 21.4 Å². The molecule has 0 aromatic heterocycles. The zero-order chi connectivity index (χ0) is 23.0. The number of hydrogen-bond acceptors (Lipinski definition) is 3. The SMILES string of the molecule is CC(C)(C)c1ccc(OCCCC(=O)NC2CCN(C(=O)Cc3ccccc3)CC2)cc1. The monoisotopic (exact) mass is 436 g/mol. The van der Waals surface area contributed by atoms with Crippen LogP contribution in [0, 0.1) is 0 Å². The molecule has 2 amide bonds. The molecular formula is C27H36N2O3. The molecule has 0 atom stereocenters. The molecule has 5 heteroatoms. The van der Waals surface area contributed by atoms with E-state index in [1.165, 1.54) is 5.56 Å². The average Bonchev–Trinajstić information content (AvgIpc) is 2.77. The topological polar surface area (TPSA) is 58.6 Å². The lowest BCUT2D eigenvalue weighted by atomic mass is 9.87. The predicted molar refractivity (Wildman–Crippen MR) is 128 cm³/mol. The maximum absolute atomic E-state index is 12.5. The van der Waals surface area contributed by atoms with E-state index in [2.05, 4.69) is 38.2 Å². The molecule has 0 saturated carbocycles. The molecule has 0 aliphatic carbocycles. The quantitative estimate of drug-likeness (QED) is 0.620. The largest absolute Gasteiger partial charge is 0.494 e. The minimum Gasteiger partial charge on any atom is -0.494 e. The molecule has 1 heterocycles. The van der Waals surface area contributed by atoms with Crippen molar-refractivity contribution in [3.63, 3.8) is 0 Å². The van der Waals surface area contributed by atoms with Gasteiger partial charge >= 0.3 is 0 Å². The maximum Gasteiger partial charge on any atom is 0.226 e. The fraction of sp³-hybridized carbons (Fsp3) is 0.481. The Labute approximate surface area is 192 Å². The van der Waals surface area contributed by atoms with E-state index < -0.39 is 0 Å². The molecule has 2 aromatic carbocycles. The summed E-state index contributed by atoms with van der Waals surface area (Å²) in [6.07, 6.45) is 3.19. The molecule has 3 rings (SSSR count). The summed E-state index contributed by atoms with van der Waals surface area (Å²) in [5.41, 5.74) is 2.44. The van der Waals surface area contributed by atoms with E-state index in [1.807, 2.05) is 47.4 Å². The lowest BCUT2D eigenvalue weighted by Crippen LogP contribution is -2.47. The second kappa shape index (κ2) is 11.2. The zero-order valence-electron chi connectivity index (χ0n) is 19.6. The van der Waals surface area contributed by atoms with Crippen LogP contribution in [-0.4, -0.2) is 42.5 Å². The summed E-state index contributed by atoms with van der Waals surface area (Å²) in [5.74, 6) is 1.06. The highest BCUT2D eigenvalue weighted by Gasteiger charge is 2.23. The number of nitrogens with zero attached hydrogens (tertiary/aromatic N) is 1. The third-order valence-electron chi connectivity index (χ3n) is 5.95. The number of carbonyl (C=O) groups excluding carboxylic acids is 2. The van der Waals surface area contributed by atoms with E-state index in [4.69, 9.17) is 4.74 Å². The van der Waals surface area contributed by atoms with E-state index in [0.29, 0.717) is 39.0 Å². The number of amides is 2. The van der Waals surface area contributed by atoms with E-state index in [-0.39, 0.29) is 23.3 Å². The van der Waals surface area contributed by atoms with Gasteiger partial charge in [0.05, 0.1) is 13.0 Å². The van der Waals surface area contributed by atoms with Crippen LogP contribution in [0.15, 0.2) is 54.6 Å². The van der Waals surface area contributed by atoms with Crippen molar-refractivity contribution in [2.45, 2.75) is 64.3 Å². The first-order valence-electron chi connectivity index (χ1n) is 11.7. The number of piperidine rings is 1. The Morgan fingerprint density at radius 1 is 1.00 bits per heavy atom. The van der Waals surface area contributed by atoms with E-state index in [0.717, 1.165) is 24.2 Å². The Hall–Kier alpha value is -2.82.